The number of carbonyl (C=O) groups is 1. The Morgan fingerprint density at radius 1 is 1.12 bits per heavy atom. The normalized spacial score (nSPS) is 14.8. The summed E-state index contributed by atoms with van der Waals surface area (Å²) in [4.78, 5) is 27.8. The monoisotopic (exact) mass is 344 g/mol. The molecule has 134 valence electrons. The fourth-order valence-corrected chi connectivity index (χ4v) is 2.96. The predicted molar refractivity (Wildman–Crippen MR) is 95.2 cm³/mol. The van der Waals surface area contributed by atoms with Gasteiger partial charge in [-0.05, 0) is 20.8 Å². The Balaban J connectivity index is 1.71. The molecule has 0 atom stereocenters. The van der Waals surface area contributed by atoms with Gasteiger partial charge >= 0.3 is 0 Å². The molecular formula is C17H24N6O2. The highest BCUT2D eigenvalue weighted by Crippen LogP contribution is 2.20. The van der Waals surface area contributed by atoms with Gasteiger partial charge in [-0.2, -0.15) is 4.98 Å². The highest BCUT2D eigenvalue weighted by molar-refractivity contribution is 5.96. The molecule has 0 spiro atoms. The van der Waals surface area contributed by atoms with E-state index in [2.05, 4.69) is 20.0 Å². The SMILES string of the molecule is Cc1cc(N(C)C)nc(N2CCN(C(=O)c3c(C)noc3C)CC2)n1. The molecule has 3 heterocycles. The molecule has 1 saturated heterocycles. The maximum Gasteiger partial charge on any atom is 0.259 e. The number of piperazine rings is 1. The van der Waals surface area contributed by atoms with Crippen LogP contribution in [0.3, 0.4) is 0 Å². The highest BCUT2D eigenvalue weighted by Gasteiger charge is 2.27. The lowest BCUT2D eigenvalue weighted by molar-refractivity contribution is 0.0744. The fourth-order valence-electron chi connectivity index (χ4n) is 2.96. The summed E-state index contributed by atoms with van der Waals surface area (Å²) in [7, 11) is 3.93. The van der Waals surface area contributed by atoms with E-state index in [0.717, 1.165) is 11.5 Å². The second-order valence-electron chi connectivity index (χ2n) is 6.54. The van der Waals surface area contributed by atoms with Gasteiger partial charge in [0.2, 0.25) is 5.95 Å². The number of rotatable bonds is 3. The van der Waals surface area contributed by atoms with Gasteiger partial charge in [0, 0.05) is 52.0 Å². The summed E-state index contributed by atoms with van der Waals surface area (Å²) in [6.45, 7) is 8.18. The van der Waals surface area contributed by atoms with E-state index in [4.69, 9.17) is 4.52 Å². The Kier molecular flexibility index (Phi) is 4.61. The molecule has 1 aliphatic heterocycles. The third-order valence-corrected chi connectivity index (χ3v) is 4.38. The quantitative estimate of drug-likeness (QED) is 0.833. The van der Waals surface area contributed by atoms with Gasteiger partial charge in [-0.3, -0.25) is 4.79 Å². The van der Waals surface area contributed by atoms with Crippen molar-refractivity contribution in [3.63, 3.8) is 0 Å². The number of aryl methyl sites for hydroxylation is 3. The van der Waals surface area contributed by atoms with E-state index in [9.17, 15) is 4.79 Å². The maximum absolute atomic E-state index is 12.7. The molecule has 0 radical (unpaired) electrons. The Morgan fingerprint density at radius 2 is 1.80 bits per heavy atom. The number of amides is 1. The van der Waals surface area contributed by atoms with Crippen molar-refractivity contribution in [1.82, 2.24) is 20.0 Å². The largest absolute Gasteiger partial charge is 0.363 e. The van der Waals surface area contributed by atoms with E-state index < -0.39 is 0 Å². The Hall–Kier alpha value is -2.64. The predicted octanol–water partition coefficient (Wildman–Crippen LogP) is 1.42. The summed E-state index contributed by atoms with van der Waals surface area (Å²) in [5.74, 6) is 2.16. The van der Waals surface area contributed by atoms with Crippen molar-refractivity contribution < 1.29 is 9.32 Å². The molecule has 0 bridgehead atoms. The van der Waals surface area contributed by atoms with Crippen LogP contribution in [0.5, 0.6) is 0 Å². The zero-order valence-electron chi connectivity index (χ0n) is 15.4. The topological polar surface area (TPSA) is 78.6 Å². The Morgan fingerprint density at radius 3 is 2.36 bits per heavy atom. The first-order chi connectivity index (χ1) is 11.9. The molecule has 0 aromatic carbocycles. The van der Waals surface area contributed by atoms with Crippen molar-refractivity contribution in [3.8, 4) is 0 Å². The van der Waals surface area contributed by atoms with Crippen molar-refractivity contribution in [2.45, 2.75) is 20.8 Å². The number of anilines is 2. The van der Waals surface area contributed by atoms with Gasteiger partial charge in [0.15, 0.2) is 0 Å². The number of carbonyl (C=O) groups excluding carboxylic acids is 1. The Bertz CT molecular complexity index is 758. The minimum absolute atomic E-state index is 0.0185. The van der Waals surface area contributed by atoms with Crippen molar-refractivity contribution in [3.05, 3.63) is 28.8 Å². The van der Waals surface area contributed by atoms with Crippen LogP contribution in [0.2, 0.25) is 0 Å². The molecule has 1 fully saturated rings. The number of nitrogens with zero attached hydrogens (tertiary/aromatic N) is 6. The van der Waals surface area contributed by atoms with E-state index in [1.807, 2.05) is 36.9 Å². The average molecular weight is 344 g/mol. The third kappa shape index (κ3) is 3.42. The van der Waals surface area contributed by atoms with Gasteiger partial charge in [0.05, 0.1) is 5.69 Å². The van der Waals surface area contributed by atoms with Gasteiger partial charge < -0.3 is 19.2 Å². The van der Waals surface area contributed by atoms with Crippen LogP contribution in [-0.4, -0.2) is 66.2 Å². The summed E-state index contributed by atoms with van der Waals surface area (Å²) in [5, 5.41) is 3.87. The summed E-state index contributed by atoms with van der Waals surface area (Å²) in [5.41, 5.74) is 2.15. The summed E-state index contributed by atoms with van der Waals surface area (Å²) in [6.07, 6.45) is 0. The van der Waals surface area contributed by atoms with E-state index in [0.29, 0.717) is 49.1 Å². The van der Waals surface area contributed by atoms with E-state index >= 15 is 0 Å². The van der Waals surface area contributed by atoms with Gasteiger partial charge in [-0.15, -0.1) is 0 Å². The molecule has 0 N–H and O–H groups in total. The van der Waals surface area contributed by atoms with Crippen LogP contribution >= 0.6 is 0 Å². The van der Waals surface area contributed by atoms with Crippen molar-refractivity contribution in [1.29, 1.82) is 0 Å². The van der Waals surface area contributed by atoms with Crippen LogP contribution in [0.15, 0.2) is 10.6 Å². The molecule has 25 heavy (non-hydrogen) atoms. The average Bonchev–Trinajstić information content (AvgIpc) is 2.92. The lowest BCUT2D eigenvalue weighted by atomic mass is 10.1. The lowest BCUT2D eigenvalue weighted by Gasteiger charge is -2.35. The fraction of sp³-hybridized carbons (Fsp3) is 0.529. The number of hydrogen-bond donors (Lipinski definition) is 0. The van der Waals surface area contributed by atoms with Crippen LogP contribution in [0.4, 0.5) is 11.8 Å². The van der Waals surface area contributed by atoms with Crippen molar-refractivity contribution >= 4 is 17.7 Å². The molecule has 2 aromatic rings. The Labute approximate surface area is 147 Å². The van der Waals surface area contributed by atoms with Crippen LogP contribution < -0.4 is 9.80 Å². The van der Waals surface area contributed by atoms with Crippen LogP contribution in [0.25, 0.3) is 0 Å². The summed E-state index contributed by atoms with van der Waals surface area (Å²) < 4.78 is 5.11. The first-order valence-corrected chi connectivity index (χ1v) is 8.37. The molecule has 0 aliphatic carbocycles. The van der Waals surface area contributed by atoms with Crippen LogP contribution in [-0.2, 0) is 0 Å². The lowest BCUT2D eigenvalue weighted by Crippen LogP contribution is -2.49. The highest BCUT2D eigenvalue weighted by atomic mass is 16.5. The van der Waals surface area contributed by atoms with Gasteiger partial charge in [0.25, 0.3) is 5.91 Å². The van der Waals surface area contributed by atoms with Crippen LogP contribution in [0, 0.1) is 20.8 Å². The van der Waals surface area contributed by atoms with Crippen molar-refractivity contribution in [2.24, 2.45) is 0 Å². The zero-order chi connectivity index (χ0) is 18.1. The molecule has 8 nitrogen and oxygen atoms in total. The van der Waals surface area contributed by atoms with E-state index in [1.165, 1.54) is 0 Å². The molecule has 2 aromatic heterocycles. The second-order valence-corrected chi connectivity index (χ2v) is 6.54. The van der Waals surface area contributed by atoms with Gasteiger partial charge in [-0.1, -0.05) is 5.16 Å². The third-order valence-electron chi connectivity index (χ3n) is 4.38. The van der Waals surface area contributed by atoms with E-state index in [1.54, 1.807) is 13.8 Å². The molecule has 3 rings (SSSR count). The zero-order valence-corrected chi connectivity index (χ0v) is 15.4. The number of hydrogen-bond acceptors (Lipinski definition) is 7. The number of aromatic nitrogens is 3. The van der Waals surface area contributed by atoms with Gasteiger partial charge in [0.1, 0.15) is 17.1 Å². The smallest absolute Gasteiger partial charge is 0.259 e. The summed E-state index contributed by atoms with van der Waals surface area (Å²) >= 11 is 0. The first-order valence-electron chi connectivity index (χ1n) is 8.37. The maximum atomic E-state index is 12.7. The van der Waals surface area contributed by atoms with Crippen molar-refractivity contribution in [2.75, 3.05) is 50.1 Å². The molecule has 0 saturated carbocycles. The minimum atomic E-state index is -0.0185. The molecule has 0 unspecified atom stereocenters. The molecular weight excluding hydrogens is 320 g/mol. The molecule has 1 amide bonds. The first kappa shape index (κ1) is 17.2. The molecule has 1 aliphatic rings. The van der Waals surface area contributed by atoms with E-state index in [-0.39, 0.29) is 5.91 Å². The molecule has 8 heteroatoms. The standard InChI is InChI=1S/C17H24N6O2/c1-11-10-14(21(4)5)19-17(18-11)23-8-6-22(7-9-23)16(24)15-12(2)20-25-13(15)3/h10H,6-9H2,1-5H3. The second kappa shape index (κ2) is 6.70. The van der Waals surface area contributed by atoms with Crippen LogP contribution in [0.1, 0.15) is 27.5 Å². The summed E-state index contributed by atoms with van der Waals surface area (Å²) in [6, 6.07) is 1.96. The minimum Gasteiger partial charge on any atom is -0.363 e. The van der Waals surface area contributed by atoms with Gasteiger partial charge in [-0.25, -0.2) is 4.98 Å².